The topological polar surface area (TPSA) is 85.2 Å². The number of anilines is 1. The fourth-order valence-corrected chi connectivity index (χ4v) is 5.47. The number of halogens is 2. The molecule has 1 amide bonds. The number of aryl methyl sites for hydroxylation is 1. The van der Waals surface area contributed by atoms with E-state index in [0.29, 0.717) is 39.5 Å². The Hall–Kier alpha value is -3.92. The molecule has 1 N–H and O–H groups in total. The molecule has 2 aromatic heterocycles. The van der Waals surface area contributed by atoms with Gasteiger partial charge in [0.15, 0.2) is 0 Å². The standard InChI is InChI=1S/C26H24F2N6O2/c1-33-10-14-9-26(14,12-33)25(35)31-20-7-15-19(8-21(20)36-3)29-13-30-23(15)16-11-34(2)32-24(16)22-17(27)5-4-6-18(22)28/h4-8,11,13-14H,9-10,12H2,1-3H3,(H,31,35)/t14-,26-/m0/s1. The number of hydrogen-bond donors (Lipinski definition) is 1. The van der Waals surface area contributed by atoms with Crippen LogP contribution in [0.1, 0.15) is 6.42 Å². The Morgan fingerprint density at radius 3 is 2.64 bits per heavy atom. The third-order valence-electron chi connectivity index (χ3n) is 7.26. The Morgan fingerprint density at radius 1 is 1.17 bits per heavy atom. The van der Waals surface area contributed by atoms with Crippen molar-refractivity contribution in [2.75, 3.05) is 32.6 Å². The van der Waals surface area contributed by atoms with E-state index in [9.17, 15) is 13.6 Å². The van der Waals surface area contributed by atoms with Crippen LogP contribution in [0.2, 0.25) is 0 Å². The number of amides is 1. The minimum atomic E-state index is -0.720. The molecule has 2 aliphatic rings. The van der Waals surface area contributed by atoms with Gasteiger partial charge in [-0.3, -0.25) is 9.48 Å². The van der Waals surface area contributed by atoms with Crippen LogP contribution in [-0.4, -0.2) is 57.8 Å². The fourth-order valence-electron chi connectivity index (χ4n) is 5.47. The van der Waals surface area contributed by atoms with Gasteiger partial charge in [-0.1, -0.05) is 6.07 Å². The Balaban J connectivity index is 1.48. The van der Waals surface area contributed by atoms with Gasteiger partial charge in [-0.25, -0.2) is 18.7 Å². The molecule has 1 aliphatic heterocycles. The number of carbonyl (C=O) groups excluding carboxylic acids is 1. The van der Waals surface area contributed by atoms with Gasteiger partial charge in [0.1, 0.15) is 29.4 Å². The maximum absolute atomic E-state index is 14.7. The summed E-state index contributed by atoms with van der Waals surface area (Å²) in [7, 11) is 5.22. The van der Waals surface area contributed by atoms with E-state index >= 15 is 0 Å². The van der Waals surface area contributed by atoms with Crippen LogP contribution < -0.4 is 10.1 Å². The summed E-state index contributed by atoms with van der Waals surface area (Å²) in [5.41, 5.74) is 1.45. The summed E-state index contributed by atoms with van der Waals surface area (Å²) in [5.74, 6) is -0.651. The van der Waals surface area contributed by atoms with Crippen LogP contribution in [0.15, 0.2) is 42.9 Å². The zero-order valence-corrected chi connectivity index (χ0v) is 20.0. The van der Waals surface area contributed by atoms with Gasteiger partial charge >= 0.3 is 0 Å². The quantitative estimate of drug-likeness (QED) is 0.457. The number of aromatic nitrogens is 4. The zero-order valence-electron chi connectivity index (χ0n) is 20.0. The summed E-state index contributed by atoms with van der Waals surface area (Å²) >= 11 is 0. The van der Waals surface area contributed by atoms with Gasteiger partial charge in [-0.05, 0) is 37.6 Å². The van der Waals surface area contributed by atoms with Crippen molar-refractivity contribution in [2.45, 2.75) is 6.42 Å². The number of fused-ring (bicyclic) bond motifs is 2. The van der Waals surface area contributed by atoms with Gasteiger partial charge in [0.2, 0.25) is 5.91 Å². The predicted octanol–water partition coefficient (Wildman–Crippen LogP) is 3.87. The molecule has 2 atom stereocenters. The van der Waals surface area contributed by atoms with Crippen molar-refractivity contribution in [1.29, 1.82) is 0 Å². The molecule has 1 saturated heterocycles. The van der Waals surface area contributed by atoms with Gasteiger partial charge in [0, 0.05) is 43.4 Å². The number of carbonyl (C=O) groups is 1. The molecular weight excluding hydrogens is 466 g/mol. The number of benzene rings is 2. The zero-order chi connectivity index (χ0) is 25.2. The monoisotopic (exact) mass is 490 g/mol. The fraction of sp³-hybridized carbons (Fsp3) is 0.308. The first-order valence-electron chi connectivity index (χ1n) is 11.6. The molecule has 0 spiro atoms. The van der Waals surface area contributed by atoms with Crippen LogP contribution in [0, 0.1) is 23.0 Å². The largest absolute Gasteiger partial charge is 0.494 e. The highest BCUT2D eigenvalue weighted by Gasteiger charge is 2.64. The lowest BCUT2D eigenvalue weighted by atomic mass is 10.0. The summed E-state index contributed by atoms with van der Waals surface area (Å²) in [6.45, 7) is 1.64. The molecule has 0 unspecified atom stereocenters. The lowest BCUT2D eigenvalue weighted by Crippen LogP contribution is -2.30. The molecule has 2 aromatic carbocycles. The molecule has 0 radical (unpaired) electrons. The normalized spacial score (nSPS) is 21.0. The third kappa shape index (κ3) is 3.43. The van der Waals surface area contributed by atoms with Crippen molar-refractivity contribution < 1.29 is 18.3 Å². The number of rotatable bonds is 5. The highest BCUT2D eigenvalue weighted by atomic mass is 19.1. The van der Waals surface area contributed by atoms with Gasteiger partial charge < -0.3 is 15.0 Å². The summed E-state index contributed by atoms with van der Waals surface area (Å²) in [5, 5.41) is 7.99. The van der Waals surface area contributed by atoms with Gasteiger partial charge in [-0.2, -0.15) is 5.10 Å². The van der Waals surface area contributed by atoms with Crippen molar-refractivity contribution in [3.63, 3.8) is 0 Å². The van der Waals surface area contributed by atoms with Gasteiger partial charge in [-0.15, -0.1) is 0 Å². The number of likely N-dealkylation sites (tertiary alicyclic amines) is 1. The van der Waals surface area contributed by atoms with Crippen molar-refractivity contribution in [3.05, 3.63) is 54.5 Å². The highest BCUT2D eigenvalue weighted by Crippen LogP contribution is 2.58. The summed E-state index contributed by atoms with van der Waals surface area (Å²) in [6, 6.07) is 7.17. The lowest BCUT2D eigenvalue weighted by molar-refractivity contribution is -0.121. The van der Waals surface area contributed by atoms with E-state index in [1.807, 2.05) is 7.05 Å². The Labute approximate surface area is 205 Å². The maximum atomic E-state index is 14.7. The van der Waals surface area contributed by atoms with E-state index in [1.54, 1.807) is 25.4 Å². The van der Waals surface area contributed by atoms with Crippen LogP contribution in [0.4, 0.5) is 14.5 Å². The molecular formula is C26H24F2N6O2. The second-order valence-electron chi connectivity index (χ2n) is 9.66. The van der Waals surface area contributed by atoms with Crippen molar-refractivity contribution >= 4 is 22.5 Å². The summed E-state index contributed by atoms with van der Waals surface area (Å²) in [4.78, 5) is 24.3. The van der Waals surface area contributed by atoms with E-state index in [1.165, 1.54) is 36.3 Å². The molecule has 8 nitrogen and oxygen atoms in total. The average molecular weight is 491 g/mol. The molecule has 4 aromatic rings. The molecule has 1 saturated carbocycles. The second-order valence-corrected chi connectivity index (χ2v) is 9.66. The first-order chi connectivity index (χ1) is 17.3. The van der Waals surface area contributed by atoms with E-state index in [4.69, 9.17) is 4.74 Å². The number of ether oxygens (including phenoxy) is 1. The molecule has 3 heterocycles. The van der Waals surface area contributed by atoms with Crippen LogP contribution in [0.25, 0.3) is 33.4 Å². The smallest absolute Gasteiger partial charge is 0.232 e. The second kappa shape index (κ2) is 8.06. The van der Waals surface area contributed by atoms with Gasteiger partial charge in [0.05, 0.1) is 35.0 Å². The molecule has 6 rings (SSSR count). The number of nitrogens with one attached hydrogen (secondary N) is 1. The van der Waals surface area contributed by atoms with E-state index < -0.39 is 11.6 Å². The van der Waals surface area contributed by atoms with E-state index in [2.05, 4.69) is 25.3 Å². The molecule has 10 heteroatoms. The van der Waals surface area contributed by atoms with Crippen LogP contribution >= 0.6 is 0 Å². The number of nitrogens with zero attached hydrogens (tertiary/aromatic N) is 5. The summed E-state index contributed by atoms with van der Waals surface area (Å²) < 4.78 is 36.4. The summed E-state index contributed by atoms with van der Waals surface area (Å²) in [6.07, 6.45) is 3.92. The Kier molecular flexibility index (Phi) is 5.04. The third-order valence-corrected chi connectivity index (χ3v) is 7.26. The minimum Gasteiger partial charge on any atom is -0.494 e. The SMILES string of the molecule is COc1cc2ncnc(-c3cn(C)nc3-c3c(F)cccc3F)c2cc1NC(=O)[C@]12C[C@H]1CN(C)C2. The predicted molar refractivity (Wildman–Crippen MR) is 130 cm³/mol. The number of hydrogen-bond acceptors (Lipinski definition) is 6. The first kappa shape index (κ1) is 22.5. The first-order valence-corrected chi connectivity index (χ1v) is 11.6. The van der Waals surface area contributed by atoms with Crippen molar-refractivity contribution in [1.82, 2.24) is 24.6 Å². The van der Waals surface area contributed by atoms with Gasteiger partial charge in [0.25, 0.3) is 0 Å². The van der Waals surface area contributed by atoms with E-state index in [-0.39, 0.29) is 22.6 Å². The Morgan fingerprint density at radius 2 is 1.94 bits per heavy atom. The van der Waals surface area contributed by atoms with Crippen LogP contribution in [0.3, 0.4) is 0 Å². The Bertz CT molecular complexity index is 1520. The molecule has 184 valence electrons. The van der Waals surface area contributed by atoms with Crippen molar-refractivity contribution in [2.24, 2.45) is 18.4 Å². The lowest BCUT2D eigenvalue weighted by Gasteiger charge is -2.18. The van der Waals surface area contributed by atoms with E-state index in [0.717, 1.165) is 19.5 Å². The molecule has 2 fully saturated rings. The van der Waals surface area contributed by atoms with Crippen molar-refractivity contribution in [3.8, 4) is 28.3 Å². The molecule has 1 aliphatic carbocycles. The maximum Gasteiger partial charge on any atom is 0.232 e. The van der Waals surface area contributed by atoms with Crippen LogP contribution in [-0.2, 0) is 11.8 Å². The minimum absolute atomic E-state index is 0.0385. The highest BCUT2D eigenvalue weighted by molar-refractivity contribution is 6.04. The molecule has 0 bridgehead atoms. The number of piperidine rings is 1. The average Bonchev–Trinajstić information content (AvgIpc) is 3.21. The number of methoxy groups -OCH3 is 1. The van der Waals surface area contributed by atoms with Crippen LogP contribution in [0.5, 0.6) is 5.75 Å². The molecule has 36 heavy (non-hydrogen) atoms.